The van der Waals surface area contributed by atoms with E-state index < -0.39 is 0 Å². The zero-order valence-electron chi connectivity index (χ0n) is 13.8. The van der Waals surface area contributed by atoms with Crippen LogP contribution in [-0.2, 0) is 18.1 Å². The van der Waals surface area contributed by atoms with Crippen molar-refractivity contribution in [2.24, 2.45) is 0 Å². The van der Waals surface area contributed by atoms with E-state index in [1.807, 2.05) is 30.3 Å². The summed E-state index contributed by atoms with van der Waals surface area (Å²) < 4.78 is 6.90. The first-order valence-corrected chi connectivity index (χ1v) is 8.34. The molecule has 2 N–H and O–H groups in total. The van der Waals surface area contributed by atoms with Crippen molar-refractivity contribution < 1.29 is 4.74 Å². The maximum Gasteiger partial charge on any atom is 0.297 e. The minimum absolute atomic E-state index is 0.0967. The predicted octanol–water partition coefficient (Wildman–Crippen LogP) is 0.704. The van der Waals surface area contributed by atoms with Crippen molar-refractivity contribution in [2.45, 2.75) is 13.3 Å². The van der Waals surface area contributed by atoms with Gasteiger partial charge in [-0.15, -0.1) is 0 Å². The summed E-state index contributed by atoms with van der Waals surface area (Å²) in [4.78, 5) is 22.4. The van der Waals surface area contributed by atoms with E-state index in [1.54, 1.807) is 6.20 Å². The molecule has 0 radical (unpaired) electrons. The Morgan fingerprint density at radius 1 is 1.16 bits per heavy atom. The van der Waals surface area contributed by atoms with Crippen LogP contribution in [0.2, 0.25) is 0 Å². The third kappa shape index (κ3) is 3.40. The minimum atomic E-state index is -0.247. The van der Waals surface area contributed by atoms with Crippen molar-refractivity contribution in [1.29, 1.82) is 0 Å². The number of nitrogens with zero attached hydrogens (tertiary/aromatic N) is 4. The molecule has 8 heteroatoms. The van der Waals surface area contributed by atoms with Crippen LogP contribution >= 0.6 is 0 Å². The van der Waals surface area contributed by atoms with Crippen LogP contribution in [0.15, 0.2) is 41.3 Å². The molecule has 1 aliphatic rings. The standard InChI is InChI=1S/C17H20N6O2/c24-16-15-14(20-17(21-15)22-8-6-18-7-9-22)10-19-23(16)12-25-11-13-4-2-1-3-5-13/h1-5,10,18H,6-9,11-12H2,(H,20,21). The zero-order valence-corrected chi connectivity index (χ0v) is 13.8. The van der Waals surface area contributed by atoms with Gasteiger partial charge in [0.25, 0.3) is 5.56 Å². The highest BCUT2D eigenvalue weighted by Gasteiger charge is 2.16. The van der Waals surface area contributed by atoms with E-state index in [9.17, 15) is 4.79 Å². The first kappa shape index (κ1) is 15.8. The number of rotatable bonds is 5. The molecule has 0 atom stereocenters. The molecule has 1 fully saturated rings. The molecule has 0 bridgehead atoms. The molecule has 4 rings (SSSR count). The molecule has 0 saturated carbocycles. The van der Waals surface area contributed by atoms with Gasteiger partial charge in [-0.05, 0) is 5.56 Å². The molecule has 0 aliphatic carbocycles. The summed E-state index contributed by atoms with van der Waals surface area (Å²) in [5.41, 5.74) is 1.85. The smallest absolute Gasteiger partial charge is 0.297 e. The summed E-state index contributed by atoms with van der Waals surface area (Å²) in [7, 11) is 0. The van der Waals surface area contributed by atoms with Gasteiger partial charge in [0.1, 0.15) is 6.73 Å². The number of hydrogen-bond acceptors (Lipinski definition) is 6. The Balaban J connectivity index is 1.50. The molecule has 3 heterocycles. The third-order valence-electron chi connectivity index (χ3n) is 4.22. The van der Waals surface area contributed by atoms with E-state index >= 15 is 0 Å². The highest BCUT2D eigenvalue weighted by Crippen LogP contribution is 2.14. The molecule has 0 spiro atoms. The fourth-order valence-electron chi connectivity index (χ4n) is 2.87. The van der Waals surface area contributed by atoms with Crippen LogP contribution in [0.4, 0.5) is 5.95 Å². The highest BCUT2D eigenvalue weighted by atomic mass is 16.5. The largest absolute Gasteiger partial charge is 0.354 e. The molecule has 8 nitrogen and oxygen atoms in total. The topological polar surface area (TPSA) is 88.1 Å². The maximum atomic E-state index is 12.6. The summed E-state index contributed by atoms with van der Waals surface area (Å²) in [6.45, 7) is 4.07. The van der Waals surface area contributed by atoms with E-state index in [2.05, 4.69) is 25.3 Å². The van der Waals surface area contributed by atoms with E-state index in [0.717, 1.165) is 37.7 Å². The van der Waals surface area contributed by atoms with Crippen LogP contribution in [0.25, 0.3) is 11.0 Å². The summed E-state index contributed by atoms with van der Waals surface area (Å²) in [5.74, 6) is 0.721. The van der Waals surface area contributed by atoms with E-state index in [1.165, 1.54) is 4.68 Å². The quantitative estimate of drug-likeness (QED) is 0.711. The molecular formula is C17H20N6O2. The number of H-pyrrole nitrogens is 1. The van der Waals surface area contributed by atoms with Crippen molar-refractivity contribution in [3.05, 3.63) is 52.4 Å². The lowest BCUT2D eigenvalue weighted by atomic mass is 10.2. The summed E-state index contributed by atoms with van der Waals surface area (Å²) in [6.07, 6.45) is 1.63. The van der Waals surface area contributed by atoms with Crippen LogP contribution in [0.1, 0.15) is 5.56 Å². The fraction of sp³-hybridized carbons (Fsp3) is 0.353. The first-order valence-electron chi connectivity index (χ1n) is 8.34. The minimum Gasteiger partial charge on any atom is -0.354 e. The highest BCUT2D eigenvalue weighted by molar-refractivity contribution is 5.75. The van der Waals surface area contributed by atoms with Gasteiger partial charge in [0, 0.05) is 26.2 Å². The predicted molar refractivity (Wildman–Crippen MR) is 94.5 cm³/mol. The van der Waals surface area contributed by atoms with Crippen LogP contribution in [-0.4, -0.2) is 45.9 Å². The summed E-state index contributed by atoms with van der Waals surface area (Å²) in [6, 6.07) is 9.82. The number of fused-ring (bicyclic) bond motifs is 1. The molecule has 3 aromatic rings. The number of anilines is 1. The molecule has 0 amide bonds. The second kappa shape index (κ2) is 7.04. The molecule has 1 aliphatic heterocycles. The van der Waals surface area contributed by atoms with E-state index in [4.69, 9.17) is 4.74 Å². The molecule has 0 unspecified atom stereocenters. The Morgan fingerprint density at radius 2 is 1.96 bits per heavy atom. The van der Waals surface area contributed by atoms with Crippen molar-refractivity contribution in [1.82, 2.24) is 25.1 Å². The van der Waals surface area contributed by atoms with Gasteiger partial charge in [-0.2, -0.15) is 5.10 Å². The van der Waals surface area contributed by atoms with E-state index in [-0.39, 0.29) is 12.3 Å². The number of nitrogens with one attached hydrogen (secondary N) is 2. The van der Waals surface area contributed by atoms with Gasteiger partial charge in [0.15, 0.2) is 5.52 Å². The van der Waals surface area contributed by atoms with Gasteiger partial charge in [-0.1, -0.05) is 30.3 Å². The van der Waals surface area contributed by atoms with Crippen LogP contribution in [0.3, 0.4) is 0 Å². The Kier molecular flexibility index (Phi) is 4.45. The van der Waals surface area contributed by atoms with Gasteiger partial charge >= 0.3 is 0 Å². The van der Waals surface area contributed by atoms with Crippen molar-refractivity contribution >= 4 is 17.0 Å². The van der Waals surface area contributed by atoms with E-state index in [0.29, 0.717) is 17.6 Å². The number of aromatic nitrogens is 4. The van der Waals surface area contributed by atoms with Gasteiger partial charge in [-0.25, -0.2) is 9.67 Å². The average molecular weight is 340 g/mol. The number of imidazole rings is 1. The Bertz CT molecular complexity index is 898. The fourth-order valence-corrected chi connectivity index (χ4v) is 2.87. The molecule has 130 valence electrons. The number of hydrogen-bond donors (Lipinski definition) is 2. The molecule has 25 heavy (non-hydrogen) atoms. The van der Waals surface area contributed by atoms with Crippen molar-refractivity contribution in [2.75, 3.05) is 31.1 Å². The first-order chi connectivity index (χ1) is 12.3. The monoisotopic (exact) mass is 340 g/mol. The lowest BCUT2D eigenvalue weighted by molar-refractivity contribution is 0.0532. The van der Waals surface area contributed by atoms with Crippen LogP contribution in [0, 0.1) is 0 Å². The number of piperazine rings is 1. The maximum absolute atomic E-state index is 12.6. The SMILES string of the molecule is O=c1c2nc(N3CCNCC3)[nH]c2cnn1COCc1ccccc1. The second-order valence-corrected chi connectivity index (χ2v) is 5.97. The summed E-state index contributed by atoms with van der Waals surface area (Å²) in [5, 5.41) is 7.47. The van der Waals surface area contributed by atoms with Crippen molar-refractivity contribution in [3.8, 4) is 0 Å². The number of ether oxygens (including phenoxy) is 1. The van der Waals surface area contributed by atoms with Gasteiger partial charge in [-0.3, -0.25) is 4.79 Å². The normalized spacial score (nSPS) is 15.0. The average Bonchev–Trinajstić information content (AvgIpc) is 3.10. The molecule has 1 saturated heterocycles. The van der Waals surface area contributed by atoms with Gasteiger partial charge < -0.3 is 19.9 Å². The third-order valence-corrected chi connectivity index (χ3v) is 4.22. The van der Waals surface area contributed by atoms with Crippen LogP contribution in [0.5, 0.6) is 0 Å². The van der Waals surface area contributed by atoms with Crippen LogP contribution < -0.4 is 15.8 Å². The second-order valence-electron chi connectivity index (χ2n) is 5.97. The molecular weight excluding hydrogens is 320 g/mol. The number of benzene rings is 1. The molecule has 2 aromatic heterocycles. The molecule has 1 aromatic carbocycles. The van der Waals surface area contributed by atoms with Gasteiger partial charge in [0.05, 0.1) is 18.3 Å². The van der Waals surface area contributed by atoms with Gasteiger partial charge in [0.2, 0.25) is 5.95 Å². The lowest BCUT2D eigenvalue weighted by Gasteiger charge is -2.26. The van der Waals surface area contributed by atoms with Crippen molar-refractivity contribution in [3.63, 3.8) is 0 Å². The Labute approximate surface area is 144 Å². The zero-order chi connectivity index (χ0) is 17.1. The summed E-state index contributed by atoms with van der Waals surface area (Å²) >= 11 is 0. The Hall–Kier alpha value is -2.71. The Morgan fingerprint density at radius 3 is 2.76 bits per heavy atom. The lowest BCUT2D eigenvalue weighted by Crippen LogP contribution is -2.44. The number of aromatic amines is 1.